The minimum atomic E-state index is -0.511. The van der Waals surface area contributed by atoms with Crippen LogP contribution < -0.4 is 4.74 Å². The van der Waals surface area contributed by atoms with Crippen LogP contribution in [0.4, 0.5) is 0 Å². The van der Waals surface area contributed by atoms with Crippen molar-refractivity contribution in [3.63, 3.8) is 0 Å². The van der Waals surface area contributed by atoms with Crippen molar-refractivity contribution in [1.82, 2.24) is 0 Å². The van der Waals surface area contributed by atoms with Gasteiger partial charge in [0, 0.05) is 13.5 Å². The van der Waals surface area contributed by atoms with Crippen LogP contribution >= 0.6 is 0 Å². The summed E-state index contributed by atoms with van der Waals surface area (Å²) in [7, 11) is 3.26. The number of carbonyl (C=O) groups excluding carboxylic acids is 1. The van der Waals surface area contributed by atoms with E-state index in [9.17, 15) is 4.79 Å². The molecule has 0 aromatic heterocycles. The molecule has 3 nitrogen and oxygen atoms in total. The molecule has 0 heterocycles. The van der Waals surface area contributed by atoms with Crippen molar-refractivity contribution in [1.29, 1.82) is 0 Å². The normalized spacial score (nSPS) is 17.3. The monoisotopic (exact) mass is 234 g/mol. The van der Waals surface area contributed by atoms with Gasteiger partial charge in [-0.25, -0.2) is 0 Å². The first-order valence-corrected chi connectivity index (χ1v) is 5.91. The minimum Gasteiger partial charge on any atom is -0.497 e. The van der Waals surface area contributed by atoms with E-state index in [1.54, 1.807) is 14.2 Å². The van der Waals surface area contributed by atoms with Gasteiger partial charge in [0.25, 0.3) is 0 Å². The van der Waals surface area contributed by atoms with E-state index in [2.05, 4.69) is 0 Å². The van der Waals surface area contributed by atoms with Crippen LogP contribution in [0, 0.1) is 0 Å². The summed E-state index contributed by atoms with van der Waals surface area (Å²) in [4.78, 5) is 12.2. The molecule has 0 amide bonds. The number of rotatable bonds is 5. The van der Waals surface area contributed by atoms with E-state index in [1.165, 1.54) is 0 Å². The minimum absolute atomic E-state index is 0.180. The smallest absolute Gasteiger partial charge is 0.168 e. The molecule has 17 heavy (non-hydrogen) atoms. The summed E-state index contributed by atoms with van der Waals surface area (Å²) in [5.74, 6) is 0.967. The van der Waals surface area contributed by atoms with Gasteiger partial charge in [-0.05, 0) is 37.0 Å². The molecule has 0 radical (unpaired) electrons. The number of carbonyl (C=O) groups is 1. The molecular weight excluding hydrogens is 216 g/mol. The Bertz CT molecular complexity index is 402. The summed E-state index contributed by atoms with van der Waals surface area (Å²) in [5.41, 5.74) is 0.473. The highest BCUT2D eigenvalue weighted by molar-refractivity contribution is 5.90. The van der Waals surface area contributed by atoms with Crippen LogP contribution in [-0.4, -0.2) is 25.6 Å². The molecule has 3 heteroatoms. The SMILES string of the molecule is COc1cccc(CC(=O)C2(OC)CCC2)c1. The molecule has 0 atom stereocenters. The number of benzene rings is 1. The van der Waals surface area contributed by atoms with Crippen LogP contribution in [0.2, 0.25) is 0 Å². The van der Waals surface area contributed by atoms with Crippen molar-refractivity contribution in [3.8, 4) is 5.75 Å². The van der Waals surface area contributed by atoms with Crippen molar-refractivity contribution < 1.29 is 14.3 Å². The summed E-state index contributed by atoms with van der Waals surface area (Å²) >= 11 is 0. The molecule has 92 valence electrons. The van der Waals surface area contributed by atoms with Crippen molar-refractivity contribution in [2.75, 3.05) is 14.2 Å². The van der Waals surface area contributed by atoms with Gasteiger partial charge in [0.15, 0.2) is 5.78 Å². The number of Topliss-reactive ketones (excluding diaryl/α,β-unsaturated/α-hetero) is 1. The molecule has 0 saturated heterocycles. The Balaban J connectivity index is 2.07. The Morgan fingerprint density at radius 3 is 2.65 bits per heavy atom. The van der Waals surface area contributed by atoms with Crippen molar-refractivity contribution in [2.45, 2.75) is 31.3 Å². The van der Waals surface area contributed by atoms with Gasteiger partial charge in [-0.15, -0.1) is 0 Å². The van der Waals surface area contributed by atoms with Gasteiger partial charge in [0.2, 0.25) is 0 Å². The van der Waals surface area contributed by atoms with E-state index in [0.717, 1.165) is 30.6 Å². The van der Waals surface area contributed by atoms with Gasteiger partial charge >= 0.3 is 0 Å². The molecule has 0 spiro atoms. The second-order valence-corrected chi connectivity index (χ2v) is 4.50. The Kier molecular flexibility index (Phi) is 3.48. The Morgan fingerprint density at radius 1 is 1.35 bits per heavy atom. The largest absolute Gasteiger partial charge is 0.497 e. The van der Waals surface area contributed by atoms with E-state index in [4.69, 9.17) is 9.47 Å². The summed E-state index contributed by atoms with van der Waals surface area (Å²) < 4.78 is 10.5. The molecule has 1 aliphatic carbocycles. The third-order valence-corrected chi connectivity index (χ3v) is 3.56. The highest BCUT2D eigenvalue weighted by Crippen LogP contribution is 2.36. The standard InChI is InChI=1S/C14H18O3/c1-16-12-6-3-5-11(9-12)10-13(15)14(17-2)7-4-8-14/h3,5-6,9H,4,7-8,10H2,1-2H3. The molecule has 0 aliphatic heterocycles. The number of ether oxygens (including phenoxy) is 2. The molecule has 2 rings (SSSR count). The molecule has 0 N–H and O–H groups in total. The van der Waals surface area contributed by atoms with E-state index < -0.39 is 5.60 Å². The van der Waals surface area contributed by atoms with Crippen molar-refractivity contribution >= 4 is 5.78 Å². The van der Waals surface area contributed by atoms with E-state index in [1.807, 2.05) is 24.3 Å². The first-order valence-electron chi connectivity index (χ1n) is 5.91. The predicted molar refractivity (Wildman–Crippen MR) is 65.3 cm³/mol. The topological polar surface area (TPSA) is 35.5 Å². The lowest BCUT2D eigenvalue weighted by atomic mass is 9.75. The number of hydrogen-bond donors (Lipinski definition) is 0. The first kappa shape index (κ1) is 12.1. The average molecular weight is 234 g/mol. The van der Waals surface area contributed by atoms with Crippen LogP contribution in [-0.2, 0) is 16.0 Å². The van der Waals surface area contributed by atoms with E-state index in [0.29, 0.717) is 6.42 Å². The van der Waals surface area contributed by atoms with Gasteiger partial charge in [-0.1, -0.05) is 12.1 Å². The Hall–Kier alpha value is -1.35. The van der Waals surface area contributed by atoms with E-state index >= 15 is 0 Å². The van der Waals surface area contributed by atoms with Gasteiger partial charge in [-0.2, -0.15) is 0 Å². The molecular formula is C14H18O3. The second kappa shape index (κ2) is 4.88. The third-order valence-electron chi connectivity index (χ3n) is 3.56. The van der Waals surface area contributed by atoms with Crippen LogP contribution in [0.1, 0.15) is 24.8 Å². The lowest BCUT2D eigenvalue weighted by molar-refractivity contribution is -0.151. The molecule has 1 aromatic carbocycles. The molecule has 1 saturated carbocycles. The lowest BCUT2D eigenvalue weighted by Crippen LogP contribution is -2.47. The summed E-state index contributed by atoms with van der Waals surface area (Å²) in [6, 6.07) is 7.63. The molecule has 1 fully saturated rings. The quantitative estimate of drug-likeness (QED) is 0.784. The van der Waals surface area contributed by atoms with Crippen molar-refractivity contribution in [2.24, 2.45) is 0 Å². The number of methoxy groups -OCH3 is 2. The predicted octanol–water partition coefficient (Wildman–Crippen LogP) is 2.38. The van der Waals surface area contributed by atoms with Crippen LogP contribution in [0.5, 0.6) is 5.75 Å². The Labute approximate surface area is 102 Å². The maximum absolute atomic E-state index is 12.2. The van der Waals surface area contributed by atoms with Crippen LogP contribution in [0.15, 0.2) is 24.3 Å². The Morgan fingerprint density at radius 2 is 2.12 bits per heavy atom. The zero-order valence-electron chi connectivity index (χ0n) is 10.4. The molecule has 1 aliphatic rings. The van der Waals surface area contributed by atoms with Crippen LogP contribution in [0.25, 0.3) is 0 Å². The first-order chi connectivity index (χ1) is 8.20. The average Bonchev–Trinajstić information content (AvgIpc) is 2.28. The zero-order valence-corrected chi connectivity index (χ0v) is 10.4. The second-order valence-electron chi connectivity index (χ2n) is 4.50. The number of hydrogen-bond acceptors (Lipinski definition) is 3. The zero-order chi connectivity index (χ0) is 12.3. The van der Waals surface area contributed by atoms with Gasteiger partial charge < -0.3 is 9.47 Å². The highest BCUT2D eigenvalue weighted by Gasteiger charge is 2.43. The van der Waals surface area contributed by atoms with Gasteiger partial charge in [-0.3, -0.25) is 4.79 Å². The van der Waals surface area contributed by atoms with Crippen LogP contribution in [0.3, 0.4) is 0 Å². The maximum Gasteiger partial charge on any atom is 0.168 e. The molecule has 0 unspecified atom stereocenters. The fraction of sp³-hybridized carbons (Fsp3) is 0.500. The summed E-state index contributed by atoms with van der Waals surface area (Å²) in [6.07, 6.45) is 3.21. The van der Waals surface area contributed by atoms with Crippen molar-refractivity contribution in [3.05, 3.63) is 29.8 Å². The fourth-order valence-electron chi connectivity index (χ4n) is 2.22. The highest BCUT2D eigenvalue weighted by atomic mass is 16.5. The summed E-state index contributed by atoms with van der Waals surface area (Å²) in [6.45, 7) is 0. The number of ketones is 1. The fourth-order valence-corrected chi connectivity index (χ4v) is 2.22. The lowest BCUT2D eigenvalue weighted by Gasteiger charge is -2.38. The third kappa shape index (κ3) is 2.34. The molecule has 1 aromatic rings. The summed E-state index contributed by atoms with van der Waals surface area (Å²) in [5, 5.41) is 0. The maximum atomic E-state index is 12.2. The van der Waals surface area contributed by atoms with E-state index in [-0.39, 0.29) is 5.78 Å². The van der Waals surface area contributed by atoms with Gasteiger partial charge in [0.1, 0.15) is 11.4 Å². The molecule has 0 bridgehead atoms. The van der Waals surface area contributed by atoms with Gasteiger partial charge in [0.05, 0.1) is 7.11 Å².